The Hall–Kier alpha value is -2.24. The maximum Gasteiger partial charge on any atom is 0.234 e. The summed E-state index contributed by atoms with van der Waals surface area (Å²) in [5.74, 6) is 1.52. The summed E-state index contributed by atoms with van der Waals surface area (Å²) < 4.78 is 11.0. The van der Waals surface area contributed by atoms with Crippen molar-refractivity contribution < 1.29 is 14.3 Å². The summed E-state index contributed by atoms with van der Waals surface area (Å²) in [4.78, 5) is 13.9. The highest BCUT2D eigenvalue weighted by Gasteiger charge is 2.08. The third-order valence-electron chi connectivity index (χ3n) is 3.64. The second-order valence-corrected chi connectivity index (χ2v) is 6.27. The number of ether oxygens (including phenoxy) is 2. The second-order valence-electron chi connectivity index (χ2n) is 5.87. The zero-order valence-corrected chi connectivity index (χ0v) is 16.0. The molecule has 1 amide bonds. The van der Waals surface area contributed by atoms with Gasteiger partial charge < -0.3 is 14.8 Å². The van der Waals surface area contributed by atoms with Gasteiger partial charge in [-0.3, -0.25) is 9.69 Å². The Balaban J connectivity index is 1.64. The van der Waals surface area contributed by atoms with Gasteiger partial charge in [0, 0.05) is 11.6 Å². The van der Waals surface area contributed by atoms with Gasteiger partial charge >= 0.3 is 0 Å². The van der Waals surface area contributed by atoms with E-state index in [1.165, 1.54) is 0 Å². The van der Waals surface area contributed by atoms with Crippen LogP contribution in [0.1, 0.15) is 12.5 Å². The van der Waals surface area contributed by atoms with Crippen LogP contribution in [0.25, 0.3) is 0 Å². The molecule has 1 N–H and O–H groups in total. The van der Waals surface area contributed by atoms with E-state index in [0.29, 0.717) is 37.9 Å². The summed E-state index contributed by atoms with van der Waals surface area (Å²) in [6.07, 6.45) is 0. The monoisotopic (exact) mass is 376 g/mol. The Morgan fingerprint density at radius 2 is 1.73 bits per heavy atom. The van der Waals surface area contributed by atoms with E-state index in [1.54, 1.807) is 0 Å². The minimum absolute atomic E-state index is 0.0464. The van der Waals surface area contributed by atoms with E-state index < -0.39 is 0 Å². The van der Waals surface area contributed by atoms with Crippen molar-refractivity contribution in [2.75, 3.05) is 33.4 Å². The molecule has 0 radical (unpaired) electrons. The molecule has 0 bridgehead atoms. The molecule has 26 heavy (non-hydrogen) atoms. The quantitative estimate of drug-likeness (QED) is 0.646. The van der Waals surface area contributed by atoms with Gasteiger partial charge in [0.25, 0.3) is 0 Å². The molecule has 0 aromatic heterocycles. The zero-order valence-electron chi connectivity index (χ0n) is 15.2. The van der Waals surface area contributed by atoms with Crippen LogP contribution in [0.4, 0.5) is 0 Å². The van der Waals surface area contributed by atoms with Crippen LogP contribution in [0, 0.1) is 0 Å². The van der Waals surface area contributed by atoms with Crippen LogP contribution in [-0.2, 0) is 11.3 Å². The molecule has 6 heteroatoms. The number of amides is 1. The molecule has 0 aliphatic rings. The summed E-state index contributed by atoms with van der Waals surface area (Å²) in [7, 11) is 1.89. The van der Waals surface area contributed by atoms with Crippen LogP contribution >= 0.6 is 11.6 Å². The molecule has 0 saturated carbocycles. The van der Waals surface area contributed by atoms with Crippen LogP contribution in [0.5, 0.6) is 11.5 Å². The first-order valence-corrected chi connectivity index (χ1v) is 9.00. The second kappa shape index (κ2) is 10.7. The molecule has 0 unspecified atom stereocenters. The van der Waals surface area contributed by atoms with Crippen LogP contribution in [-0.4, -0.2) is 44.2 Å². The van der Waals surface area contributed by atoms with E-state index in [-0.39, 0.29) is 5.91 Å². The zero-order chi connectivity index (χ0) is 18.8. The van der Waals surface area contributed by atoms with E-state index in [2.05, 4.69) is 5.32 Å². The number of hydrogen-bond acceptors (Lipinski definition) is 4. The van der Waals surface area contributed by atoms with Crippen molar-refractivity contribution in [1.82, 2.24) is 10.2 Å². The standard InChI is InChI=1S/C20H25ClN2O3/c1-3-25-17-8-10-18(11-9-17)26-13-12-22-20(24)15-23(2)14-16-6-4-5-7-19(16)21/h4-11H,3,12-15H2,1-2H3,(H,22,24). The molecule has 0 aliphatic carbocycles. The lowest BCUT2D eigenvalue weighted by Crippen LogP contribution is -2.36. The highest BCUT2D eigenvalue weighted by molar-refractivity contribution is 6.31. The van der Waals surface area contributed by atoms with Gasteiger partial charge in [-0.05, 0) is 49.9 Å². The maximum atomic E-state index is 12.0. The molecule has 0 spiro atoms. The van der Waals surface area contributed by atoms with Gasteiger partial charge in [-0.15, -0.1) is 0 Å². The fourth-order valence-corrected chi connectivity index (χ4v) is 2.63. The molecule has 2 rings (SSSR count). The SMILES string of the molecule is CCOc1ccc(OCCNC(=O)CN(C)Cc2ccccc2Cl)cc1. The number of hydrogen-bond donors (Lipinski definition) is 1. The van der Waals surface area contributed by atoms with Crippen LogP contribution in [0.3, 0.4) is 0 Å². The Bertz CT molecular complexity index is 692. The molecule has 2 aromatic carbocycles. The Labute approximate surface area is 159 Å². The molecular weight excluding hydrogens is 352 g/mol. The van der Waals surface area contributed by atoms with Gasteiger partial charge in [0.2, 0.25) is 5.91 Å². The van der Waals surface area contributed by atoms with Gasteiger partial charge in [0.1, 0.15) is 18.1 Å². The summed E-state index contributed by atoms with van der Waals surface area (Å²) in [6.45, 7) is 4.36. The molecule has 0 atom stereocenters. The molecule has 2 aromatic rings. The van der Waals surface area contributed by atoms with Gasteiger partial charge in [-0.2, -0.15) is 0 Å². The largest absolute Gasteiger partial charge is 0.494 e. The summed E-state index contributed by atoms with van der Waals surface area (Å²) in [6, 6.07) is 15.1. The number of likely N-dealkylation sites (N-methyl/N-ethyl adjacent to an activating group) is 1. The van der Waals surface area contributed by atoms with Gasteiger partial charge in [0.05, 0.1) is 19.7 Å². The number of halogens is 1. The molecule has 0 saturated heterocycles. The molecule has 5 nitrogen and oxygen atoms in total. The normalized spacial score (nSPS) is 10.6. The maximum absolute atomic E-state index is 12.0. The van der Waals surface area contributed by atoms with Crippen molar-refractivity contribution in [2.24, 2.45) is 0 Å². The first-order valence-electron chi connectivity index (χ1n) is 8.62. The Kier molecular flexibility index (Phi) is 8.25. The van der Waals surface area contributed by atoms with Gasteiger partial charge in [-0.1, -0.05) is 29.8 Å². The van der Waals surface area contributed by atoms with Gasteiger partial charge in [-0.25, -0.2) is 0 Å². The number of nitrogens with one attached hydrogen (secondary N) is 1. The molecular formula is C20H25ClN2O3. The van der Waals surface area contributed by atoms with Crippen molar-refractivity contribution in [2.45, 2.75) is 13.5 Å². The van der Waals surface area contributed by atoms with Crippen LogP contribution in [0.2, 0.25) is 5.02 Å². The third kappa shape index (κ3) is 6.94. The van der Waals surface area contributed by atoms with Crippen molar-refractivity contribution in [3.63, 3.8) is 0 Å². The van der Waals surface area contributed by atoms with E-state index in [4.69, 9.17) is 21.1 Å². The number of carbonyl (C=O) groups is 1. The number of carbonyl (C=O) groups excluding carboxylic acids is 1. The number of rotatable bonds is 10. The van der Waals surface area contributed by atoms with E-state index in [0.717, 1.165) is 17.1 Å². The van der Waals surface area contributed by atoms with E-state index in [9.17, 15) is 4.79 Å². The summed E-state index contributed by atoms with van der Waals surface area (Å²) in [5.41, 5.74) is 1.00. The minimum Gasteiger partial charge on any atom is -0.494 e. The van der Waals surface area contributed by atoms with Crippen LogP contribution in [0.15, 0.2) is 48.5 Å². The predicted molar refractivity (Wildman–Crippen MR) is 104 cm³/mol. The lowest BCUT2D eigenvalue weighted by molar-refractivity contribution is -0.122. The van der Waals surface area contributed by atoms with Crippen molar-refractivity contribution in [1.29, 1.82) is 0 Å². The highest BCUT2D eigenvalue weighted by Crippen LogP contribution is 2.17. The fourth-order valence-electron chi connectivity index (χ4n) is 2.43. The Morgan fingerprint density at radius 3 is 2.38 bits per heavy atom. The highest BCUT2D eigenvalue weighted by atomic mass is 35.5. The Morgan fingerprint density at radius 1 is 1.08 bits per heavy atom. The number of benzene rings is 2. The number of nitrogens with zero attached hydrogens (tertiary/aromatic N) is 1. The average Bonchev–Trinajstić information content (AvgIpc) is 2.62. The fraction of sp³-hybridized carbons (Fsp3) is 0.350. The lowest BCUT2D eigenvalue weighted by Gasteiger charge is -2.17. The van der Waals surface area contributed by atoms with Crippen molar-refractivity contribution >= 4 is 17.5 Å². The third-order valence-corrected chi connectivity index (χ3v) is 4.01. The topological polar surface area (TPSA) is 50.8 Å². The first kappa shape index (κ1) is 20.1. The molecule has 0 fully saturated rings. The molecule has 0 aliphatic heterocycles. The van der Waals surface area contributed by atoms with Gasteiger partial charge in [0.15, 0.2) is 0 Å². The average molecular weight is 377 g/mol. The molecule has 0 heterocycles. The summed E-state index contributed by atoms with van der Waals surface area (Å²) >= 11 is 6.14. The van der Waals surface area contributed by atoms with Crippen LogP contribution < -0.4 is 14.8 Å². The smallest absolute Gasteiger partial charge is 0.234 e. The predicted octanol–water partition coefficient (Wildman–Crippen LogP) is 3.37. The minimum atomic E-state index is -0.0464. The van der Waals surface area contributed by atoms with Crippen molar-refractivity contribution in [3.8, 4) is 11.5 Å². The first-order chi connectivity index (χ1) is 12.6. The lowest BCUT2D eigenvalue weighted by atomic mass is 10.2. The van der Waals surface area contributed by atoms with E-state index in [1.807, 2.05) is 67.4 Å². The summed E-state index contributed by atoms with van der Waals surface area (Å²) in [5, 5.41) is 3.56. The molecule has 140 valence electrons. The van der Waals surface area contributed by atoms with Crippen molar-refractivity contribution in [3.05, 3.63) is 59.1 Å². The van der Waals surface area contributed by atoms with E-state index >= 15 is 0 Å².